The van der Waals surface area contributed by atoms with E-state index in [0.717, 1.165) is 11.1 Å². The molecule has 0 saturated carbocycles. The SMILES string of the molecule is c1cc(-c2ccc3c4ccccc4c4ccccc4c3c2)cc(-c2ncncn2)c1. The fraction of sp³-hybridized carbons (Fsp3) is 0. The molecule has 0 unspecified atom stereocenters. The maximum Gasteiger partial charge on any atom is 0.162 e. The average molecular weight is 383 g/mol. The first-order valence-corrected chi connectivity index (χ1v) is 9.94. The van der Waals surface area contributed by atoms with Gasteiger partial charge in [0.2, 0.25) is 0 Å². The monoisotopic (exact) mass is 383 g/mol. The number of fused-ring (bicyclic) bond motifs is 6. The molecule has 3 nitrogen and oxygen atoms in total. The third-order valence-electron chi connectivity index (χ3n) is 5.69. The molecule has 0 saturated heterocycles. The lowest BCUT2D eigenvalue weighted by molar-refractivity contribution is 1.06. The molecule has 0 aliphatic heterocycles. The van der Waals surface area contributed by atoms with E-state index in [-0.39, 0.29) is 0 Å². The summed E-state index contributed by atoms with van der Waals surface area (Å²) in [6, 6.07) is 32.4. The number of hydrogen-bond donors (Lipinski definition) is 0. The summed E-state index contributed by atoms with van der Waals surface area (Å²) >= 11 is 0. The van der Waals surface area contributed by atoms with Gasteiger partial charge in [-0.25, -0.2) is 15.0 Å². The van der Waals surface area contributed by atoms with Gasteiger partial charge in [0, 0.05) is 5.56 Å². The molecule has 0 amide bonds. The number of hydrogen-bond acceptors (Lipinski definition) is 3. The second-order valence-corrected chi connectivity index (χ2v) is 7.39. The minimum Gasteiger partial charge on any atom is -0.225 e. The van der Waals surface area contributed by atoms with Crippen molar-refractivity contribution in [3.05, 3.63) is 104 Å². The quantitative estimate of drug-likeness (QED) is 0.314. The molecular formula is C27H17N3. The first-order valence-electron chi connectivity index (χ1n) is 9.94. The van der Waals surface area contributed by atoms with Gasteiger partial charge in [-0.1, -0.05) is 78.9 Å². The largest absolute Gasteiger partial charge is 0.225 e. The summed E-state index contributed by atoms with van der Waals surface area (Å²) in [6.07, 6.45) is 3.06. The summed E-state index contributed by atoms with van der Waals surface area (Å²) in [5, 5.41) is 7.70. The number of nitrogens with zero attached hydrogens (tertiary/aromatic N) is 3. The minimum absolute atomic E-state index is 0.684. The van der Waals surface area contributed by atoms with Crippen molar-refractivity contribution in [1.29, 1.82) is 0 Å². The van der Waals surface area contributed by atoms with Crippen LogP contribution in [0.5, 0.6) is 0 Å². The van der Waals surface area contributed by atoms with Gasteiger partial charge in [-0.2, -0.15) is 0 Å². The molecule has 0 N–H and O–H groups in total. The second-order valence-electron chi connectivity index (χ2n) is 7.39. The van der Waals surface area contributed by atoms with Crippen LogP contribution in [0.2, 0.25) is 0 Å². The predicted octanol–water partition coefficient (Wildman–Crippen LogP) is 6.67. The van der Waals surface area contributed by atoms with Crippen molar-refractivity contribution in [3.8, 4) is 22.5 Å². The highest BCUT2D eigenvalue weighted by atomic mass is 15.0. The van der Waals surface area contributed by atoms with Gasteiger partial charge in [-0.05, 0) is 55.6 Å². The Hall–Kier alpha value is -4.11. The summed E-state index contributed by atoms with van der Waals surface area (Å²) in [5.41, 5.74) is 3.31. The van der Waals surface area contributed by atoms with Crippen LogP contribution >= 0.6 is 0 Å². The van der Waals surface area contributed by atoms with Crippen molar-refractivity contribution in [2.45, 2.75) is 0 Å². The van der Waals surface area contributed by atoms with Gasteiger partial charge < -0.3 is 0 Å². The summed E-state index contributed by atoms with van der Waals surface area (Å²) < 4.78 is 0. The van der Waals surface area contributed by atoms with Crippen LogP contribution < -0.4 is 0 Å². The highest BCUT2D eigenvalue weighted by Gasteiger charge is 2.10. The van der Waals surface area contributed by atoms with Crippen molar-refractivity contribution < 1.29 is 0 Å². The Morgan fingerprint density at radius 2 is 0.933 bits per heavy atom. The fourth-order valence-corrected chi connectivity index (χ4v) is 4.31. The zero-order valence-corrected chi connectivity index (χ0v) is 16.2. The van der Waals surface area contributed by atoms with Gasteiger partial charge in [0.25, 0.3) is 0 Å². The molecule has 5 aromatic carbocycles. The highest BCUT2D eigenvalue weighted by molar-refractivity contribution is 6.25. The Balaban J connectivity index is 1.61. The van der Waals surface area contributed by atoms with Gasteiger partial charge in [-0.15, -0.1) is 0 Å². The molecular weight excluding hydrogens is 366 g/mol. The normalized spacial score (nSPS) is 11.3. The lowest BCUT2D eigenvalue weighted by Gasteiger charge is -2.12. The molecule has 140 valence electrons. The number of benzene rings is 5. The molecule has 30 heavy (non-hydrogen) atoms. The van der Waals surface area contributed by atoms with Crippen LogP contribution in [0.15, 0.2) is 104 Å². The molecule has 0 aliphatic rings. The first kappa shape index (κ1) is 16.8. The van der Waals surface area contributed by atoms with Crippen molar-refractivity contribution in [2.24, 2.45) is 0 Å². The summed E-state index contributed by atoms with van der Waals surface area (Å²) in [4.78, 5) is 12.5. The molecule has 1 heterocycles. The van der Waals surface area contributed by atoms with Gasteiger partial charge >= 0.3 is 0 Å². The number of aromatic nitrogens is 3. The zero-order valence-electron chi connectivity index (χ0n) is 16.2. The molecule has 0 radical (unpaired) electrons. The number of rotatable bonds is 2. The second kappa shape index (κ2) is 6.75. The summed E-state index contributed by atoms with van der Waals surface area (Å²) in [5.74, 6) is 0.684. The topological polar surface area (TPSA) is 38.7 Å². The van der Waals surface area contributed by atoms with E-state index in [9.17, 15) is 0 Å². The van der Waals surface area contributed by atoms with Crippen molar-refractivity contribution in [3.63, 3.8) is 0 Å². The van der Waals surface area contributed by atoms with Crippen LogP contribution in [0.1, 0.15) is 0 Å². The maximum absolute atomic E-state index is 4.29. The highest BCUT2D eigenvalue weighted by Crippen LogP contribution is 2.37. The van der Waals surface area contributed by atoms with E-state index < -0.39 is 0 Å². The van der Waals surface area contributed by atoms with E-state index in [0.29, 0.717) is 5.82 Å². The fourth-order valence-electron chi connectivity index (χ4n) is 4.31. The van der Waals surface area contributed by atoms with E-state index >= 15 is 0 Å². The minimum atomic E-state index is 0.684. The Morgan fingerprint density at radius 1 is 0.400 bits per heavy atom. The molecule has 3 heteroatoms. The van der Waals surface area contributed by atoms with E-state index in [4.69, 9.17) is 0 Å². The maximum atomic E-state index is 4.29. The summed E-state index contributed by atoms with van der Waals surface area (Å²) in [7, 11) is 0. The summed E-state index contributed by atoms with van der Waals surface area (Å²) in [6.45, 7) is 0. The molecule has 0 fully saturated rings. The molecule has 0 bridgehead atoms. The van der Waals surface area contributed by atoms with Crippen LogP contribution in [0.25, 0.3) is 54.8 Å². The smallest absolute Gasteiger partial charge is 0.162 e. The van der Waals surface area contributed by atoms with Gasteiger partial charge in [0.15, 0.2) is 5.82 Å². The zero-order chi connectivity index (χ0) is 19.9. The lowest BCUT2D eigenvalue weighted by Crippen LogP contribution is -1.89. The van der Waals surface area contributed by atoms with Crippen molar-refractivity contribution in [1.82, 2.24) is 15.0 Å². The standard InChI is InChI=1S/C27H17N3/c1-2-10-23-21(8-1)22-9-3-4-11-24(22)26-15-19(12-13-25(23)26)18-6-5-7-20(14-18)27-29-16-28-17-30-27/h1-17H. The third-order valence-corrected chi connectivity index (χ3v) is 5.69. The van der Waals surface area contributed by atoms with Crippen molar-refractivity contribution in [2.75, 3.05) is 0 Å². The van der Waals surface area contributed by atoms with Gasteiger partial charge in [0.1, 0.15) is 12.7 Å². The molecule has 6 aromatic rings. The third kappa shape index (κ3) is 2.64. The predicted molar refractivity (Wildman–Crippen MR) is 123 cm³/mol. The molecule has 0 aliphatic carbocycles. The molecule has 1 aromatic heterocycles. The van der Waals surface area contributed by atoms with Crippen molar-refractivity contribution >= 4 is 32.3 Å². The van der Waals surface area contributed by atoms with Crippen LogP contribution in [-0.4, -0.2) is 15.0 Å². The molecule has 0 atom stereocenters. The van der Waals surface area contributed by atoms with Crippen LogP contribution in [0, 0.1) is 0 Å². The Morgan fingerprint density at radius 3 is 1.60 bits per heavy atom. The van der Waals surface area contributed by atoms with Gasteiger partial charge in [0.05, 0.1) is 0 Å². The van der Waals surface area contributed by atoms with Crippen LogP contribution in [0.3, 0.4) is 0 Å². The first-order chi connectivity index (χ1) is 14.9. The lowest BCUT2D eigenvalue weighted by atomic mass is 9.92. The average Bonchev–Trinajstić information content (AvgIpc) is 2.84. The Labute approximate surface area is 173 Å². The Bertz CT molecular complexity index is 1500. The van der Waals surface area contributed by atoms with E-state index in [2.05, 4.69) is 99.9 Å². The van der Waals surface area contributed by atoms with Gasteiger partial charge in [-0.3, -0.25) is 0 Å². The Kier molecular flexibility index (Phi) is 3.78. The van der Waals surface area contributed by atoms with Crippen LogP contribution in [0.4, 0.5) is 0 Å². The van der Waals surface area contributed by atoms with E-state index in [1.807, 2.05) is 6.07 Å². The molecule has 0 spiro atoms. The van der Waals surface area contributed by atoms with Crippen LogP contribution in [-0.2, 0) is 0 Å². The van der Waals surface area contributed by atoms with E-state index in [1.54, 1.807) is 0 Å². The molecule has 6 rings (SSSR count). The van der Waals surface area contributed by atoms with E-state index in [1.165, 1.54) is 50.5 Å².